The third kappa shape index (κ3) is 4.62. The predicted octanol–water partition coefficient (Wildman–Crippen LogP) is 2.41. The quantitative estimate of drug-likeness (QED) is 0.765. The van der Waals surface area contributed by atoms with Gasteiger partial charge in [-0.2, -0.15) is 5.10 Å². The van der Waals surface area contributed by atoms with E-state index in [2.05, 4.69) is 10.4 Å². The summed E-state index contributed by atoms with van der Waals surface area (Å²) < 4.78 is 6.06. The third-order valence-electron chi connectivity index (χ3n) is 4.93. The van der Waals surface area contributed by atoms with Crippen LogP contribution in [0, 0.1) is 0 Å². The van der Waals surface area contributed by atoms with E-state index < -0.39 is 6.09 Å². The molecular weight excluding hydrogens is 414 g/mol. The summed E-state index contributed by atoms with van der Waals surface area (Å²) >= 11 is 7.25. The second-order valence-electron chi connectivity index (χ2n) is 7.06. The van der Waals surface area contributed by atoms with Crippen molar-refractivity contribution in [3.63, 3.8) is 0 Å². The number of anilines is 2. The molecule has 1 unspecified atom stereocenters. The number of halogens is 1. The van der Waals surface area contributed by atoms with Crippen LogP contribution in [0.2, 0.25) is 0 Å². The van der Waals surface area contributed by atoms with Crippen molar-refractivity contribution in [3.05, 3.63) is 34.7 Å². The molecule has 1 aromatic rings. The average molecular weight is 436 g/mol. The summed E-state index contributed by atoms with van der Waals surface area (Å²) in [6.07, 6.45) is 3.46. The number of ether oxygens (including phenoxy) is 1. The molecule has 154 valence electrons. The molecule has 1 aromatic carbocycles. The summed E-state index contributed by atoms with van der Waals surface area (Å²) in [6, 6.07) is 7.64. The number of nitrogens with zero attached hydrogens (tertiary/aromatic N) is 4. The number of nitrogens with one attached hydrogen (secondary N) is 1. The number of carbonyl (C=O) groups is 2. The van der Waals surface area contributed by atoms with Gasteiger partial charge < -0.3 is 15.0 Å². The number of amides is 2. The second kappa shape index (κ2) is 8.54. The topological polar surface area (TPSA) is 77.5 Å². The first kappa shape index (κ1) is 19.9. The second-order valence-corrected chi connectivity index (χ2v) is 8.94. The van der Waals surface area contributed by atoms with E-state index in [0.29, 0.717) is 17.3 Å². The molecule has 0 saturated carbocycles. The zero-order valence-corrected chi connectivity index (χ0v) is 17.5. The van der Waals surface area contributed by atoms with Crippen LogP contribution in [0.5, 0.6) is 0 Å². The van der Waals surface area contributed by atoms with Crippen LogP contribution in [-0.2, 0) is 9.53 Å². The van der Waals surface area contributed by atoms with E-state index >= 15 is 0 Å². The molecule has 0 radical (unpaired) electrons. The first-order valence-electron chi connectivity index (χ1n) is 9.40. The number of thioether (sulfide) groups is 1. The fourth-order valence-corrected chi connectivity index (χ4v) is 4.54. The van der Waals surface area contributed by atoms with Crippen LogP contribution in [0.1, 0.15) is 6.42 Å². The molecule has 2 amide bonds. The van der Waals surface area contributed by atoms with Crippen LogP contribution in [0.4, 0.5) is 16.2 Å². The average Bonchev–Trinajstić information content (AvgIpc) is 3.32. The minimum Gasteiger partial charge on any atom is -0.442 e. The van der Waals surface area contributed by atoms with Gasteiger partial charge in [0.05, 0.1) is 34.9 Å². The van der Waals surface area contributed by atoms with E-state index in [0.717, 1.165) is 24.5 Å². The van der Waals surface area contributed by atoms with Crippen LogP contribution in [0.25, 0.3) is 0 Å². The smallest absolute Gasteiger partial charge is 0.414 e. The van der Waals surface area contributed by atoms with Gasteiger partial charge in [-0.15, -0.1) is 11.8 Å². The summed E-state index contributed by atoms with van der Waals surface area (Å²) in [6.45, 7) is 2.38. The number of rotatable bonds is 5. The molecule has 3 aliphatic heterocycles. The molecule has 8 nitrogen and oxygen atoms in total. The zero-order chi connectivity index (χ0) is 20.4. The Labute approximate surface area is 178 Å². The SMILES string of the molecule is CN1C=NN(c2ccc(N3C[C@H](CNC(=O)C4CC=C(Cl)S4)OC3=O)cc2)CC1. The number of hydrogen-bond acceptors (Lipinski definition) is 7. The lowest BCUT2D eigenvalue weighted by Gasteiger charge is -2.27. The number of benzene rings is 1. The molecular formula is C19H22ClN5O3S. The summed E-state index contributed by atoms with van der Waals surface area (Å²) in [4.78, 5) is 28.1. The van der Waals surface area contributed by atoms with Crippen molar-refractivity contribution in [2.75, 3.05) is 43.1 Å². The number of allylic oxidation sites excluding steroid dienone is 1. The molecule has 29 heavy (non-hydrogen) atoms. The normalized spacial score (nSPS) is 24.0. The molecule has 0 bridgehead atoms. The summed E-state index contributed by atoms with van der Waals surface area (Å²) in [5.74, 6) is -0.0894. The van der Waals surface area contributed by atoms with Gasteiger partial charge in [0, 0.05) is 19.3 Å². The molecule has 3 aliphatic rings. The minimum atomic E-state index is -0.408. The van der Waals surface area contributed by atoms with E-state index in [1.54, 1.807) is 11.2 Å². The van der Waals surface area contributed by atoms with E-state index in [1.807, 2.05) is 47.3 Å². The Balaban J connectivity index is 1.31. The summed E-state index contributed by atoms with van der Waals surface area (Å²) in [5, 5.41) is 8.96. The van der Waals surface area contributed by atoms with Gasteiger partial charge in [-0.1, -0.05) is 17.7 Å². The van der Waals surface area contributed by atoms with Gasteiger partial charge in [-0.3, -0.25) is 14.7 Å². The Hall–Kier alpha value is -2.39. The van der Waals surface area contributed by atoms with Crippen LogP contribution < -0.4 is 15.2 Å². The highest BCUT2D eigenvalue weighted by atomic mass is 35.5. The van der Waals surface area contributed by atoms with E-state index in [9.17, 15) is 9.59 Å². The van der Waals surface area contributed by atoms with Crippen molar-refractivity contribution in [3.8, 4) is 0 Å². The van der Waals surface area contributed by atoms with Gasteiger partial charge in [0.2, 0.25) is 5.91 Å². The van der Waals surface area contributed by atoms with Gasteiger partial charge in [0.25, 0.3) is 0 Å². The van der Waals surface area contributed by atoms with Gasteiger partial charge in [0.1, 0.15) is 12.4 Å². The lowest BCUT2D eigenvalue weighted by molar-refractivity contribution is -0.120. The monoisotopic (exact) mass is 435 g/mol. The highest BCUT2D eigenvalue weighted by molar-refractivity contribution is 8.06. The Bertz CT molecular complexity index is 847. The molecule has 4 rings (SSSR count). The van der Waals surface area contributed by atoms with Crippen molar-refractivity contribution in [2.24, 2.45) is 5.10 Å². The highest BCUT2D eigenvalue weighted by Crippen LogP contribution is 2.34. The first-order chi connectivity index (χ1) is 14.0. The van der Waals surface area contributed by atoms with Gasteiger partial charge in [0.15, 0.2) is 0 Å². The third-order valence-corrected chi connectivity index (χ3v) is 6.43. The molecule has 1 N–H and O–H groups in total. The molecule has 0 spiro atoms. The molecule has 0 aliphatic carbocycles. The van der Waals surface area contributed by atoms with Crippen LogP contribution in [0.3, 0.4) is 0 Å². The molecule has 1 saturated heterocycles. The molecule has 2 atom stereocenters. The van der Waals surface area contributed by atoms with E-state index in [4.69, 9.17) is 16.3 Å². The number of likely N-dealkylation sites (N-methyl/N-ethyl adjacent to an activating group) is 1. The van der Waals surface area contributed by atoms with Crippen molar-refractivity contribution in [2.45, 2.75) is 17.8 Å². The Morgan fingerprint density at radius 3 is 2.72 bits per heavy atom. The fourth-order valence-electron chi connectivity index (χ4n) is 3.28. The fraction of sp³-hybridized carbons (Fsp3) is 0.421. The Kier molecular flexibility index (Phi) is 5.86. The van der Waals surface area contributed by atoms with Gasteiger partial charge in [-0.25, -0.2) is 4.79 Å². The maximum Gasteiger partial charge on any atom is 0.414 e. The standard InChI is InChI=1S/C19H22ClN5O3S/c1-23-8-9-25(22-12-23)14-4-2-13(3-5-14)24-11-15(28-19(24)27)10-21-18(26)16-6-7-17(20)29-16/h2-5,7,12,15-16H,6,8-11H2,1H3,(H,21,26)/t15-,16?/m0/s1. The van der Waals surface area contributed by atoms with Crippen LogP contribution in [-0.4, -0.2) is 67.8 Å². The first-order valence-corrected chi connectivity index (χ1v) is 10.7. The number of cyclic esters (lactones) is 1. The van der Waals surface area contributed by atoms with E-state index in [-0.39, 0.29) is 23.8 Å². The molecule has 10 heteroatoms. The van der Waals surface area contributed by atoms with Crippen LogP contribution in [0.15, 0.2) is 39.8 Å². The van der Waals surface area contributed by atoms with Gasteiger partial charge in [-0.05, 0) is 30.7 Å². The van der Waals surface area contributed by atoms with Crippen molar-refractivity contribution in [1.82, 2.24) is 10.2 Å². The number of hydrazone groups is 1. The lowest BCUT2D eigenvalue weighted by atomic mass is 10.2. The Morgan fingerprint density at radius 1 is 1.31 bits per heavy atom. The molecule has 0 aromatic heterocycles. The van der Waals surface area contributed by atoms with Crippen molar-refractivity contribution < 1.29 is 14.3 Å². The summed E-state index contributed by atoms with van der Waals surface area (Å²) in [7, 11) is 1.99. The number of hydrogen-bond donors (Lipinski definition) is 1. The van der Waals surface area contributed by atoms with Crippen molar-refractivity contribution in [1.29, 1.82) is 0 Å². The molecule has 3 heterocycles. The lowest BCUT2D eigenvalue weighted by Crippen LogP contribution is -2.38. The largest absolute Gasteiger partial charge is 0.442 e. The van der Waals surface area contributed by atoms with E-state index in [1.165, 1.54) is 11.8 Å². The maximum absolute atomic E-state index is 12.3. The number of carbonyl (C=O) groups excluding carboxylic acids is 2. The maximum atomic E-state index is 12.3. The highest BCUT2D eigenvalue weighted by Gasteiger charge is 2.33. The minimum absolute atomic E-state index is 0.0894. The zero-order valence-electron chi connectivity index (χ0n) is 16.0. The predicted molar refractivity (Wildman–Crippen MR) is 115 cm³/mol. The van der Waals surface area contributed by atoms with Crippen LogP contribution >= 0.6 is 23.4 Å². The molecule has 1 fully saturated rings. The van der Waals surface area contributed by atoms with Gasteiger partial charge >= 0.3 is 6.09 Å². The summed E-state index contributed by atoms with van der Waals surface area (Å²) in [5.41, 5.74) is 1.73. The Morgan fingerprint density at radius 2 is 2.07 bits per heavy atom. The van der Waals surface area contributed by atoms with Crippen molar-refractivity contribution >= 4 is 53.1 Å².